The van der Waals surface area contributed by atoms with Crippen LogP contribution in [0.15, 0.2) is 60.7 Å². The number of nitrogens with zero attached hydrogens (tertiary/aromatic N) is 2. The molecule has 0 radical (unpaired) electrons. The smallest absolute Gasteiger partial charge is 0.132 e. The largest absolute Gasteiger partial charge is 0.508 e. The number of piperazine rings is 1. The summed E-state index contributed by atoms with van der Waals surface area (Å²) in [6.07, 6.45) is 1.53. The zero-order valence-electron chi connectivity index (χ0n) is 19.7. The molecule has 0 spiro atoms. The number of hydrogen-bond donors (Lipinski definition) is 1. The predicted molar refractivity (Wildman–Crippen MR) is 139 cm³/mol. The molecule has 1 aliphatic heterocycles. The molecule has 3 nitrogen and oxygen atoms in total. The lowest BCUT2D eigenvalue weighted by Crippen LogP contribution is -2.48. The summed E-state index contributed by atoms with van der Waals surface area (Å²) in [6.45, 7) is 8.66. The van der Waals surface area contributed by atoms with Gasteiger partial charge in [-0.15, -0.1) is 0 Å². The van der Waals surface area contributed by atoms with E-state index < -0.39 is 0 Å². The summed E-state index contributed by atoms with van der Waals surface area (Å²) in [6, 6.07) is 19.6. The quantitative estimate of drug-likeness (QED) is 0.458. The lowest BCUT2D eigenvalue weighted by molar-refractivity contribution is 0.209. The van der Waals surface area contributed by atoms with Crippen LogP contribution < -0.4 is 4.90 Å². The van der Waals surface area contributed by atoms with E-state index in [1.165, 1.54) is 17.3 Å². The first kappa shape index (κ1) is 22.9. The first-order valence-corrected chi connectivity index (χ1v) is 12.4. The van der Waals surface area contributed by atoms with Crippen LogP contribution in [0.2, 0.25) is 5.02 Å². The fraction of sp³-hybridized carbons (Fsp3) is 0.310. The molecule has 5 heteroatoms. The summed E-state index contributed by atoms with van der Waals surface area (Å²) in [7, 11) is 0. The van der Waals surface area contributed by atoms with Crippen LogP contribution in [-0.4, -0.2) is 42.2 Å². The summed E-state index contributed by atoms with van der Waals surface area (Å²) in [4.78, 5) is 4.94. The number of hydrogen-bond acceptors (Lipinski definition) is 3. The average Bonchev–Trinajstić information content (AvgIpc) is 2.84. The Bertz CT molecular complexity index is 1230. The Morgan fingerprint density at radius 3 is 2.26 bits per heavy atom. The first-order chi connectivity index (χ1) is 16.4. The Hall–Kier alpha value is -2.82. The van der Waals surface area contributed by atoms with Gasteiger partial charge in [-0.25, -0.2) is 4.39 Å². The fourth-order valence-corrected chi connectivity index (χ4v) is 5.39. The second-order valence-electron chi connectivity index (χ2n) is 9.48. The number of aromatic hydroxyl groups is 1. The third kappa shape index (κ3) is 4.45. The molecule has 2 aliphatic rings. The van der Waals surface area contributed by atoms with Crippen molar-refractivity contribution < 1.29 is 9.50 Å². The van der Waals surface area contributed by atoms with Crippen molar-refractivity contribution in [1.82, 2.24) is 4.90 Å². The van der Waals surface area contributed by atoms with Gasteiger partial charge in [-0.05, 0) is 90.9 Å². The van der Waals surface area contributed by atoms with Crippen LogP contribution in [0.25, 0.3) is 11.1 Å². The van der Waals surface area contributed by atoms with Crippen molar-refractivity contribution in [1.29, 1.82) is 0 Å². The van der Waals surface area contributed by atoms with Gasteiger partial charge in [0.1, 0.15) is 11.6 Å². The number of anilines is 1. The van der Waals surface area contributed by atoms with E-state index in [4.69, 9.17) is 11.6 Å². The Labute approximate surface area is 206 Å². The highest BCUT2D eigenvalue weighted by Gasteiger charge is 2.24. The Morgan fingerprint density at radius 2 is 1.59 bits per heavy atom. The summed E-state index contributed by atoms with van der Waals surface area (Å²) in [5.41, 5.74) is 6.87. The highest BCUT2D eigenvalue weighted by molar-refractivity contribution is 6.30. The number of phenols is 1. The molecule has 1 fully saturated rings. The molecule has 0 aromatic heterocycles. The maximum absolute atomic E-state index is 15.0. The number of halogens is 2. The number of fused-ring (bicyclic) bond motifs is 1. The normalized spacial score (nSPS) is 16.8. The molecule has 0 amide bonds. The van der Waals surface area contributed by atoms with Gasteiger partial charge in [-0.2, -0.15) is 0 Å². The zero-order valence-corrected chi connectivity index (χ0v) is 20.4. The minimum atomic E-state index is -0.316. The molecule has 34 heavy (non-hydrogen) atoms. The topological polar surface area (TPSA) is 26.7 Å². The third-order valence-corrected chi connectivity index (χ3v) is 7.37. The van der Waals surface area contributed by atoms with Crippen molar-refractivity contribution in [2.45, 2.75) is 32.7 Å². The molecule has 5 rings (SSSR count). The molecule has 0 atom stereocenters. The van der Waals surface area contributed by atoms with Crippen LogP contribution in [0.4, 0.5) is 10.1 Å². The molecule has 1 heterocycles. The summed E-state index contributed by atoms with van der Waals surface area (Å²) < 4.78 is 15.0. The van der Waals surface area contributed by atoms with Crippen molar-refractivity contribution in [2.24, 2.45) is 0 Å². The van der Waals surface area contributed by atoms with Crippen LogP contribution >= 0.6 is 11.6 Å². The van der Waals surface area contributed by atoms with E-state index in [0.29, 0.717) is 16.6 Å². The van der Waals surface area contributed by atoms with Gasteiger partial charge >= 0.3 is 0 Å². The van der Waals surface area contributed by atoms with Gasteiger partial charge in [0.25, 0.3) is 0 Å². The van der Waals surface area contributed by atoms with Crippen LogP contribution in [0, 0.1) is 5.82 Å². The van der Waals surface area contributed by atoms with Gasteiger partial charge in [-0.3, -0.25) is 4.90 Å². The maximum atomic E-state index is 15.0. The van der Waals surface area contributed by atoms with Crippen molar-refractivity contribution >= 4 is 28.4 Å². The van der Waals surface area contributed by atoms with Gasteiger partial charge in [0.15, 0.2) is 0 Å². The SMILES string of the molecule is CC(C)N1CCN(c2ccc(C3=C(c4ccc(Cl)cc4F)CCc4ccc(O)cc43)cc2)CC1. The summed E-state index contributed by atoms with van der Waals surface area (Å²) in [5.74, 6) is -0.100. The van der Waals surface area contributed by atoms with E-state index in [-0.39, 0.29) is 11.6 Å². The molecule has 1 N–H and O–H groups in total. The second kappa shape index (κ2) is 9.44. The van der Waals surface area contributed by atoms with Crippen molar-refractivity contribution in [2.75, 3.05) is 31.1 Å². The molecular weight excluding hydrogens is 447 g/mol. The van der Waals surface area contributed by atoms with Crippen LogP contribution in [0.5, 0.6) is 5.75 Å². The number of aryl methyl sites for hydroxylation is 1. The van der Waals surface area contributed by atoms with Gasteiger partial charge in [-0.1, -0.05) is 35.9 Å². The monoisotopic (exact) mass is 476 g/mol. The van der Waals surface area contributed by atoms with Gasteiger partial charge < -0.3 is 10.0 Å². The molecule has 1 saturated heterocycles. The molecule has 1 aliphatic carbocycles. The van der Waals surface area contributed by atoms with Gasteiger partial charge in [0, 0.05) is 48.5 Å². The molecule has 3 aromatic rings. The average molecular weight is 477 g/mol. The number of benzene rings is 3. The van der Waals surface area contributed by atoms with E-state index >= 15 is 0 Å². The standard InChI is InChI=1S/C29H30ClFN2O/c1-19(2)32-13-15-33(16-14-32)23-8-3-21(4-9-23)29-26(25-12-7-22(30)17-28(25)31)11-6-20-5-10-24(34)18-27(20)29/h3-5,7-10,12,17-19,34H,6,11,13-16H2,1-2H3. The molecule has 3 aromatic carbocycles. The molecule has 0 bridgehead atoms. The molecule has 0 saturated carbocycles. The van der Waals surface area contributed by atoms with Crippen LogP contribution in [-0.2, 0) is 6.42 Å². The molecular formula is C29H30ClFN2O. The number of allylic oxidation sites excluding steroid dienone is 1. The van der Waals surface area contributed by atoms with E-state index in [2.05, 4.69) is 47.9 Å². The minimum Gasteiger partial charge on any atom is -0.508 e. The van der Waals surface area contributed by atoms with Crippen molar-refractivity contribution in [3.05, 3.63) is 93.8 Å². The summed E-state index contributed by atoms with van der Waals surface area (Å²) in [5, 5.41) is 10.6. The van der Waals surface area contributed by atoms with Crippen molar-refractivity contribution in [3.8, 4) is 5.75 Å². The third-order valence-electron chi connectivity index (χ3n) is 7.13. The van der Waals surface area contributed by atoms with Gasteiger partial charge in [0.2, 0.25) is 0 Å². The summed E-state index contributed by atoms with van der Waals surface area (Å²) >= 11 is 6.03. The minimum absolute atomic E-state index is 0.216. The van der Waals surface area contributed by atoms with E-state index in [1.54, 1.807) is 24.3 Å². The Balaban J connectivity index is 1.55. The van der Waals surface area contributed by atoms with Crippen molar-refractivity contribution in [3.63, 3.8) is 0 Å². The lowest BCUT2D eigenvalue weighted by atomic mass is 9.79. The van der Waals surface area contributed by atoms with E-state index in [9.17, 15) is 9.50 Å². The second-order valence-corrected chi connectivity index (χ2v) is 9.92. The molecule has 176 valence electrons. The number of rotatable bonds is 4. The highest BCUT2D eigenvalue weighted by Crippen LogP contribution is 2.43. The predicted octanol–water partition coefficient (Wildman–Crippen LogP) is 6.62. The number of phenolic OH excluding ortho intramolecular Hbond substituents is 1. The maximum Gasteiger partial charge on any atom is 0.132 e. The Kier molecular flexibility index (Phi) is 6.37. The zero-order chi connectivity index (χ0) is 23.8. The first-order valence-electron chi connectivity index (χ1n) is 12.0. The lowest BCUT2D eigenvalue weighted by Gasteiger charge is -2.38. The van der Waals surface area contributed by atoms with E-state index in [1.807, 2.05) is 6.07 Å². The van der Waals surface area contributed by atoms with Crippen LogP contribution in [0.1, 0.15) is 42.5 Å². The molecule has 0 unspecified atom stereocenters. The van der Waals surface area contributed by atoms with Gasteiger partial charge in [0.05, 0.1) is 0 Å². The fourth-order valence-electron chi connectivity index (χ4n) is 5.23. The van der Waals surface area contributed by atoms with Crippen LogP contribution in [0.3, 0.4) is 0 Å². The Morgan fingerprint density at radius 1 is 0.853 bits per heavy atom. The van der Waals surface area contributed by atoms with E-state index in [0.717, 1.165) is 61.3 Å². The highest BCUT2D eigenvalue weighted by atomic mass is 35.5.